The molecule has 1 fully saturated rings. The number of aromatic nitrogens is 2. The summed E-state index contributed by atoms with van der Waals surface area (Å²) in [4.78, 5) is 20.9. The van der Waals surface area contributed by atoms with Crippen LogP contribution >= 0.6 is 0 Å². The van der Waals surface area contributed by atoms with Crippen LogP contribution < -0.4 is 21.3 Å². The van der Waals surface area contributed by atoms with Crippen LogP contribution in [-0.4, -0.2) is 46.3 Å². The van der Waals surface area contributed by atoms with Crippen LogP contribution in [0.25, 0.3) is 0 Å². The Kier molecular flexibility index (Phi) is 4.06. The van der Waals surface area contributed by atoms with Crippen LogP contribution in [0.1, 0.15) is 20.8 Å². The first kappa shape index (κ1) is 15.1. The Bertz CT molecular complexity index is 522. The molecule has 2 heterocycles. The number of nitrogens with two attached hydrogens (primary N) is 1. The lowest BCUT2D eigenvalue weighted by Gasteiger charge is -2.40. The molecule has 21 heavy (non-hydrogen) atoms. The van der Waals surface area contributed by atoms with Gasteiger partial charge in [-0.25, -0.2) is 4.79 Å². The predicted molar refractivity (Wildman–Crippen MR) is 81.6 cm³/mol. The highest BCUT2D eigenvalue weighted by Gasteiger charge is 2.28. The van der Waals surface area contributed by atoms with E-state index in [0.717, 1.165) is 18.9 Å². The van der Waals surface area contributed by atoms with E-state index in [1.165, 1.54) is 0 Å². The summed E-state index contributed by atoms with van der Waals surface area (Å²) < 4.78 is 0. The third kappa shape index (κ3) is 4.37. The molecule has 116 valence electrons. The second kappa shape index (κ2) is 5.63. The average Bonchev–Trinajstić information content (AvgIpc) is 2.22. The number of hydrogen-bond donors (Lipinski definition) is 4. The minimum absolute atomic E-state index is 0.110. The summed E-state index contributed by atoms with van der Waals surface area (Å²) in [5.74, 6) is 1.99. The molecule has 1 amide bonds. The molecule has 0 unspecified atom stereocenters. The number of hydrogen-bond acceptors (Lipinski definition) is 6. The van der Waals surface area contributed by atoms with Gasteiger partial charge < -0.3 is 26.4 Å². The van der Waals surface area contributed by atoms with Gasteiger partial charge in [-0.15, -0.1) is 0 Å². The van der Waals surface area contributed by atoms with Gasteiger partial charge in [0.05, 0.1) is 0 Å². The average molecular weight is 294 g/mol. The molecule has 1 aliphatic heterocycles. The van der Waals surface area contributed by atoms with Crippen LogP contribution in [0, 0.1) is 5.92 Å². The molecular weight excluding hydrogens is 272 g/mol. The zero-order chi connectivity index (χ0) is 15.6. The molecule has 1 aromatic rings. The first-order valence-corrected chi connectivity index (χ1v) is 6.87. The number of anilines is 3. The Morgan fingerprint density at radius 1 is 1.48 bits per heavy atom. The van der Waals surface area contributed by atoms with E-state index < -0.39 is 6.09 Å². The largest absolute Gasteiger partial charge is 0.465 e. The monoisotopic (exact) mass is 294 g/mol. The molecule has 1 saturated heterocycles. The van der Waals surface area contributed by atoms with Crippen molar-refractivity contribution < 1.29 is 9.90 Å². The van der Waals surface area contributed by atoms with Crippen molar-refractivity contribution >= 4 is 23.7 Å². The van der Waals surface area contributed by atoms with E-state index in [-0.39, 0.29) is 11.5 Å². The van der Waals surface area contributed by atoms with Gasteiger partial charge in [-0.2, -0.15) is 9.97 Å². The van der Waals surface area contributed by atoms with Crippen molar-refractivity contribution in [2.75, 3.05) is 35.6 Å². The van der Waals surface area contributed by atoms with Gasteiger partial charge in [0.15, 0.2) is 0 Å². The number of carbonyl (C=O) groups is 1. The van der Waals surface area contributed by atoms with Crippen molar-refractivity contribution in [2.24, 2.45) is 5.92 Å². The van der Waals surface area contributed by atoms with Gasteiger partial charge in [0.25, 0.3) is 0 Å². The van der Waals surface area contributed by atoms with E-state index in [4.69, 9.17) is 10.8 Å². The highest BCUT2D eigenvalue weighted by molar-refractivity contribution is 5.64. The van der Waals surface area contributed by atoms with Gasteiger partial charge >= 0.3 is 6.09 Å². The van der Waals surface area contributed by atoms with Gasteiger partial charge in [0.1, 0.15) is 11.6 Å². The van der Waals surface area contributed by atoms with Gasteiger partial charge in [0.2, 0.25) is 5.95 Å². The SMILES string of the molecule is CC(C)(C)Nc1cc(N2CC(CNC(=O)O)C2)nc(N)n1. The summed E-state index contributed by atoms with van der Waals surface area (Å²) in [5.41, 5.74) is 5.64. The van der Waals surface area contributed by atoms with Crippen LogP contribution in [0.2, 0.25) is 0 Å². The van der Waals surface area contributed by atoms with Gasteiger partial charge in [-0.3, -0.25) is 0 Å². The molecular formula is C13H22N6O2. The maximum atomic E-state index is 10.4. The molecule has 0 spiro atoms. The smallest absolute Gasteiger partial charge is 0.404 e. The van der Waals surface area contributed by atoms with Crippen molar-refractivity contribution in [1.82, 2.24) is 15.3 Å². The lowest BCUT2D eigenvalue weighted by Crippen LogP contribution is -2.51. The molecule has 0 aliphatic carbocycles. The first-order chi connectivity index (χ1) is 9.73. The summed E-state index contributed by atoms with van der Waals surface area (Å²) >= 11 is 0. The number of rotatable bonds is 4. The second-order valence-electron chi connectivity index (χ2n) is 6.30. The fraction of sp³-hybridized carbons (Fsp3) is 0.615. The molecule has 0 bridgehead atoms. The van der Waals surface area contributed by atoms with Gasteiger partial charge in [-0.1, -0.05) is 0 Å². The Morgan fingerprint density at radius 2 is 2.14 bits per heavy atom. The first-order valence-electron chi connectivity index (χ1n) is 6.87. The van der Waals surface area contributed by atoms with Crippen molar-refractivity contribution in [1.29, 1.82) is 0 Å². The number of nitrogen functional groups attached to an aromatic ring is 1. The molecule has 0 aromatic carbocycles. The maximum Gasteiger partial charge on any atom is 0.404 e. The van der Waals surface area contributed by atoms with E-state index in [9.17, 15) is 4.79 Å². The van der Waals surface area contributed by atoms with E-state index in [1.54, 1.807) is 0 Å². The Morgan fingerprint density at radius 3 is 2.71 bits per heavy atom. The third-order valence-electron chi connectivity index (χ3n) is 3.06. The highest BCUT2D eigenvalue weighted by atomic mass is 16.4. The van der Waals surface area contributed by atoms with Crippen LogP contribution in [0.5, 0.6) is 0 Å². The minimum Gasteiger partial charge on any atom is -0.465 e. The predicted octanol–water partition coefficient (Wildman–Crippen LogP) is 0.973. The number of carboxylic acid groups (broad SMARTS) is 1. The summed E-state index contributed by atoms with van der Waals surface area (Å²) in [5, 5.41) is 14.2. The van der Waals surface area contributed by atoms with Crippen LogP contribution in [0.3, 0.4) is 0 Å². The molecule has 8 heteroatoms. The second-order valence-corrected chi connectivity index (χ2v) is 6.30. The highest BCUT2D eigenvalue weighted by Crippen LogP contribution is 2.25. The van der Waals surface area contributed by atoms with Crippen LogP contribution in [-0.2, 0) is 0 Å². The normalized spacial score (nSPS) is 15.5. The molecule has 2 rings (SSSR count). The van der Waals surface area contributed by atoms with Gasteiger partial charge in [0, 0.05) is 37.2 Å². The Balaban J connectivity index is 1.97. The van der Waals surface area contributed by atoms with Crippen molar-refractivity contribution in [3.05, 3.63) is 6.07 Å². The standard InChI is InChI=1S/C13H22N6O2/c1-13(2,3)18-9-4-10(17-11(14)16-9)19-6-8(7-19)5-15-12(20)21/h4,8,15H,5-7H2,1-3H3,(H,20,21)(H3,14,16,17,18). The third-order valence-corrected chi connectivity index (χ3v) is 3.06. The number of amides is 1. The molecule has 0 radical (unpaired) electrons. The topological polar surface area (TPSA) is 116 Å². The Labute approximate surface area is 123 Å². The Hall–Kier alpha value is -2.25. The lowest BCUT2D eigenvalue weighted by molar-refractivity contribution is 0.191. The van der Waals surface area contributed by atoms with E-state index in [2.05, 4.69) is 25.5 Å². The number of nitrogens with zero attached hydrogens (tertiary/aromatic N) is 3. The molecule has 8 nitrogen and oxygen atoms in total. The van der Waals surface area contributed by atoms with E-state index in [0.29, 0.717) is 18.3 Å². The summed E-state index contributed by atoms with van der Waals surface area (Å²) in [6.07, 6.45) is -0.989. The van der Waals surface area contributed by atoms with E-state index >= 15 is 0 Å². The summed E-state index contributed by atoms with van der Waals surface area (Å²) in [7, 11) is 0. The number of nitrogens with one attached hydrogen (secondary N) is 2. The lowest BCUT2D eigenvalue weighted by atomic mass is 10.0. The zero-order valence-corrected chi connectivity index (χ0v) is 12.6. The molecule has 0 atom stereocenters. The van der Waals surface area contributed by atoms with Crippen LogP contribution in [0.15, 0.2) is 6.07 Å². The van der Waals surface area contributed by atoms with Crippen molar-refractivity contribution in [3.8, 4) is 0 Å². The van der Waals surface area contributed by atoms with Gasteiger partial charge in [-0.05, 0) is 20.8 Å². The van der Waals surface area contributed by atoms with Crippen molar-refractivity contribution in [2.45, 2.75) is 26.3 Å². The molecule has 0 saturated carbocycles. The fourth-order valence-corrected chi connectivity index (χ4v) is 2.18. The maximum absolute atomic E-state index is 10.4. The quantitative estimate of drug-likeness (QED) is 0.653. The summed E-state index contributed by atoms with van der Waals surface area (Å²) in [6.45, 7) is 8.10. The van der Waals surface area contributed by atoms with E-state index in [1.807, 2.05) is 26.8 Å². The van der Waals surface area contributed by atoms with Crippen LogP contribution in [0.4, 0.5) is 22.4 Å². The molecule has 5 N–H and O–H groups in total. The molecule has 1 aliphatic rings. The fourth-order valence-electron chi connectivity index (χ4n) is 2.18. The zero-order valence-electron chi connectivity index (χ0n) is 12.6. The van der Waals surface area contributed by atoms with Crippen molar-refractivity contribution in [3.63, 3.8) is 0 Å². The molecule has 1 aromatic heterocycles. The summed E-state index contributed by atoms with van der Waals surface area (Å²) in [6, 6.07) is 1.86. The minimum atomic E-state index is -0.989.